The molecular weight excluding hydrogens is 669 g/mol. The van der Waals surface area contributed by atoms with Crippen LogP contribution in [0.2, 0.25) is 0 Å². The number of fused-ring (bicyclic) bond motifs is 10. The average molecular weight is 703 g/mol. The molecule has 8 nitrogen and oxygen atoms in total. The summed E-state index contributed by atoms with van der Waals surface area (Å²) in [7, 11) is 1.62. The minimum absolute atomic E-state index is 0.0116. The van der Waals surface area contributed by atoms with Crippen LogP contribution in [0.15, 0.2) is 82.8 Å². The predicted octanol–water partition coefficient (Wildman–Crippen LogP) is 8.13. The Morgan fingerprint density at radius 1 is 1.06 bits per heavy atom. The highest BCUT2D eigenvalue weighted by molar-refractivity contribution is 7.99. The molecule has 1 aliphatic heterocycles. The fraction of sp³-hybridized carbons (Fsp3) is 0.297. The average Bonchev–Trinajstić information content (AvgIpc) is 3.85. The zero-order valence-electron chi connectivity index (χ0n) is 27.6. The number of alkyl halides is 2. The fourth-order valence-electron chi connectivity index (χ4n) is 6.40. The van der Waals surface area contributed by atoms with Gasteiger partial charge < -0.3 is 14.5 Å². The Labute approximate surface area is 289 Å². The number of aldehydes is 1. The maximum Gasteiger partial charge on any atom is 0.281 e. The number of carbonyl (C=O) groups is 1. The first-order valence-electron chi connectivity index (χ1n) is 16.2. The van der Waals surface area contributed by atoms with E-state index in [0.29, 0.717) is 32.9 Å². The molecule has 0 spiro atoms. The molecule has 13 heteroatoms. The number of aryl methyl sites for hydroxylation is 1. The lowest BCUT2D eigenvalue weighted by atomic mass is 9.76. The Balaban J connectivity index is 1.38. The molecular formula is C37H34F4N6O2S. The Kier molecular flexibility index (Phi) is 8.79. The molecule has 50 heavy (non-hydrogen) atoms. The van der Waals surface area contributed by atoms with Gasteiger partial charge in [0.2, 0.25) is 5.88 Å². The third kappa shape index (κ3) is 6.53. The molecule has 6 aromatic rings. The normalized spacial score (nSPS) is 18.4. The number of halogens is 4. The molecule has 0 saturated carbocycles. The molecule has 0 radical (unpaired) electrons. The van der Waals surface area contributed by atoms with Crippen molar-refractivity contribution in [3.8, 4) is 17.3 Å². The molecule has 3 aromatic carbocycles. The van der Waals surface area contributed by atoms with E-state index in [9.17, 15) is 4.79 Å². The predicted molar refractivity (Wildman–Crippen MR) is 182 cm³/mol. The van der Waals surface area contributed by atoms with Crippen LogP contribution >= 0.6 is 11.8 Å². The Morgan fingerprint density at radius 2 is 1.90 bits per heavy atom. The van der Waals surface area contributed by atoms with Crippen LogP contribution in [0.1, 0.15) is 49.2 Å². The van der Waals surface area contributed by atoms with E-state index in [0.717, 1.165) is 29.0 Å². The smallest absolute Gasteiger partial charge is 0.281 e. The van der Waals surface area contributed by atoms with Crippen molar-refractivity contribution in [1.82, 2.24) is 29.5 Å². The van der Waals surface area contributed by atoms with E-state index in [2.05, 4.69) is 15.2 Å². The lowest BCUT2D eigenvalue weighted by Gasteiger charge is -2.30. The van der Waals surface area contributed by atoms with Gasteiger partial charge in [-0.25, -0.2) is 27.2 Å². The van der Waals surface area contributed by atoms with Crippen LogP contribution in [-0.4, -0.2) is 48.3 Å². The molecule has 0 saturated heterocycles. The van der Waals surface area contributed by atoms with Gasteiger partial charge in [0.15, 0.2) is 18.3 Å². The van der Waals surface area contributed by atoms with Crippen molar-refractivity contribution in [2.24, 2.45) is 13.0 Å². The van der Waals surface area contributed by atoms with Gasteiger partial charge in [-0.05, 0) is 66.8 Å². The van der Waals surface area contributed by atoms with Crippen molar-refractivity contribution >= 4 is 29.0 Å². The van der Waals surface area contributed by atoms with Crippen molar-refractivity contribution in [3.63, 3.8) is 0 Å². The van der Waals surface area contributed by atoms with E-state index in [1.165, 1.54) is 27.6 Å². The summed E-state index contributed by atoms with van der Waals surface area (Å²) >= 11 is 1.14. The maximum absolute atomic E-state index is 15.8. The van der Waals surface area contributed by atoms with Gasteiger partial charge in [0.1, 0.15) is 17.9 Å². The highest BCUT2D eigenvalue weighted by Crippen LogP contribution is 2.42. The summed E-state index contributed by atoms with van der Waals surface area (Å²) in [6.45, 7) is 2.81. The Hall–Kier alpha value is -4.91. The molecule has 1 N–H and O–H groups in total. The summed E-state index contributed by atoms with van der Waals surface area (Å²) in [4.78, 5) is 20.1. The summed E-state index contributed by atoms with van der Waals surface area (Å²) in [5.74, 6) is -4.12. The fourth-order valence-corrected chi connectivity index (χ4v) is 7.40. The van der Waals surface area contributed by atoms with Gasteiger partial charge in [-0.3, -0.25) is 4.68 Å². The first-order chi connectivity index (χ1) is 23.9. The molecule has 4 heterocycles. The molecule has 258 valence electrons. The number of rotatable bonds is 4. The van der Waals surface area contributed by atoms with Crippen LogP contribution in [0.25, 0.3) is 22.3 Å². The SMILES string of the molecule is CC(C=O)Cc1cccc(C2(C)CCC(F)(F)COc3ccn(n3)Cc3c(c(F)cc4[nH]ccc34)Sc3ccc(F)c(c3)-c3nc2nn3C)c1. The molecule has 6 bridgehead atoms. The van der Waals surface area contributed by atoms with Crippen molar-refractivity contribution < 1.29 is 27.1 Å². The first kappa shape index (κ1) is 33.6. The highest BCUT2D eigenvalue weighted by atomic mass is 32.2. The summed E-state index contributed by atoms with van der Waals surface area (Å²) < 4.78 is 71.1. The van der Waals surface area contributed by atoms with E-state index in [1.54, 1.807) is 38.5 Å². The van der Waals surface area contributed by atoms with Crippen molar-refractivity contribution in [3.05, 3.63) is 107 Å². The third-order valence-corrected chi connectivity index (χ3v) is 10.4. The van der Waals surface area contributed by atoms with Crippen LogP contribution in [-0.2, 0) is 30.2 Å². The second kappa shape index (κ2) is 13.1. The summed E-state index contributed by atoms with van der Waals surface area (Å²) in [5, 5.41) is 9.80. The largest absolute Gasteiger partial charge is 0.470 e. The number of aromatic amines is 1. The number of ether oxygens (including phenoxy) is 1. The number of nitrogens with one attached hydrogen (secondary N) is 1. The van der Waals surface area contributed by atoms with Crippen LogP contribution in [0.3, 0.4) is 0 Å². The molecule has 0 amide bonds. The van der Waals surface area contributed by atoms with E-state index >= 15 is 17.6 Å². The number of aromatic nitrogens is 6. The van der Waals surface area contributed by atoms with Crippen LogP contribution in [0.5, 0.6) is 5.88 Å². The minimum Gasteiger partial charge on any atom is -0.470 e. The lowest BCUT2D eigenvalue weighted by Crippen LogP contribution is -2.32. The van der Waals surface area contributed by atoms with Crippen molar-refractivity contribution in [2.45, 2.75) is 60.8 Å². The van der Waals surface area contributed by atoms with Gasteiger partial charge in [0.25, 0.3) is 5.92 Å². The molecule has 0 aliphatic carbocycles. The lowest BCUT2D eigenvalue weighted by molar-refractivity contribution is -0.110. The maximum atomic E-state index is 15.8. The van der Waals surface area contributed by atoms with E-state index in [1.807, 2.05) is 37.3 Å². The number of benzene rings is 3. The molecule has 2 unspecified atom stereocenters. The first-order valence-corrected chi connectivity index (χ1v) is 17.0. The monoisotopic (exact) mass is 702 g/mol. The number of carbonyl (C=O) groups excluding carboxylic acids is 1. The van der Waals surface area contributed by atoms with Crippen LogP contribution < -0.4 is 4.74 Å². The van der Waals surface area contributed by atoms with Crippen molar-refractivity contribution in [2.75, 3.05) is 6.61 Å². The van der Waals surface area contributed by atoms with E-state index in [4.69, 9.17) is 9.72 Å². The molecule has 7 rings (SSSR count). The summed E-state index contributed by atoms with van der Waals surface area (Å²) in [6.07, 6.45) is 4.00. The number of H-pyrrole nitrogens is 1. The van der Waals surface area contributed by atoms with E-state index in [-0.39, 0.29) is 42.0 Å². The van der Waals surface area contributed by atoms with E-state index < -0.39 is 36.0 Å². The minimum atomic E-state index is -3.26. The van der Waals surface area contributed by atoms with Gasteiger partial charge in [-0.2, -0.15) is 5.10 Å². The second-order valence-corrected chi connectivity index (χ2v) is 14.2. The molecule has 2 atom stereocenters. The zero-order chi connectivity index (χ0) is 35.2. The topological polar surface area (TPSA) is 90.6 Å². The third-order valence-electron chi connectivity index (χ3n) is 9.23. The summed E-state index contributed by atoms with van der Waals surface area (Å²) in [5.41, 5.74) is 1.72. The van der Waals surface area contributed by atoms with Crippen LogP contribution in [0, 0.1) is 17.6 Å². The Morgan fingerprint density at radius 3 is 2.72 bits per heavy atom. The number of nitrogens with zero attached hydrogens (tertiary/aromatic N) is 5. The standard InChI is InChI=1S/C37H34F4N6O2S/c1-22(20-48)15-23-5-4-6-24(16-23)36(2)11-12-37(40,41)21-49-32-10-14-47(44-32)19-28-26-9-13-42-31(26)18-30(39)33(28)50-25-7-8-29(38)27(17-25)34-43-35(36)45-46(34)3/h4-10,13-14,16-18,20,22,42H,11-12,15,19,21H2,1-3H3. The van der Waals surface area contributed by atoms with Crippen LogP contribution in [0.4, 0.5) is 17.6 Å². The van der Waals surface area contributed by atoms with Gasteiger partial charge >= 0.3 is 0 Å². The number of hydrogen-bond donors (Lipinski definition) is 1. The summed E-state index contributed by atoms with van der Waals surface area (Å²) in [6, 6.07) is 16.6. The highest BCUT2D eigenvalue weighted by Gasteiger charge is 2.40. The molecule has 1 aliphatic rings. The Bertz CT molecular complexity index is 2210. The zero-order valence-corrected chi connectivity index (χ0v) is 28.4. The molecule has 3 aromatic heterocycles. The second-order valence-electron chi connectivity index (χ2n) is 13.1. The quantitative estimate of drug-likeness (QED) is 0.147. The van der Waals surface area contributed by atoms with Crippen molar-refractivity contribution in [1.29, 1.82) is 0 Å². The van der Waals surface area contributed by atoms with Gasteiger partial charge in [0.05, 0.1) is 22.4 Å². The number of hydrogen-bond acceptors (Lipinski definition) is 6. The van der Waals surface area contributed by atoms with Gasteiger partial charge in [-0.1, -0.05) is 43.0 Å². The van der Waals surface area contributed by atoms with Gasteiger partial charge in [-0.15, -0.1) is 5.10 Å². The van der Waals surface area contributed by atoms with Gasteiger partial charge in [0, 0.05) is 53.6 Å². The molecule has 0 fully saturated rings.